The van der Waals surface area contributed by atoms with E-state index in [0.717, 1.165) is 50.6 Å². The zero-order valence-corrected chi connectivity index (χ0v) is 13.5. The van der Waals surface area contributed by atoms with Crippen LogP contribution in [0.1, 0.15) is 28.0 Å². The first-order valence-corrected chi connectivity index (χ1v) is 8.12. The summed E-state index contributed by atoms with van der Waals surface area (Å²) in [5, 5.41) is 1.15. The maximum Gasteiger partial charge on any atom is 0.205 e. The van der Waals surface area contributed by atoms with E-state index in [2.05, 4.69) is 27.0 Å². The Hall–Kier alpha value is -2.13. The highest BCUT2D eigenvalue weighted by Crippen LogP contribution is 2.33. The second kappa shape index (κ2) is 5.25. The Balaban J connectivity index is 1.81. The zero-order valence-electron chi connectivity index (χ0n) is 11.9. The molecular formula is C19H14BrNO. The molecule has 0 saturated heterocycles. The van der Waals surface area contributed by atoms with Gasteiger partial charge < -0.3 is 4.98 Å². The molecule has 0 fully saturated rings. The van der Waals surface area contributed by atoms with Crippen molar-refractivity contribution in [1.82, 2.24) is 4.98 Å². The minimum atomic E-state index is 0.123. The minimum absolute atomic E-state index is 0.123. The fraction of sp³-hybridized carbons (Fsp3) is 0.105. The highest BCUT2D eigenvalue weighted by atomic mass is 79.9. The molecule has 2 nitrogen and oxygen atoms in total. The molecule has 0 aliphatic heterocycles. The maximum absolute atomic E-state index is 12.8. The normalized spacial score (nSPS) is 16.2. The minimum Gasteiger partial charge on any atom is -0.352 e. The van der Waals surface area contributed by atoms with E-state index < -0.39 is 0 Å². The van der Waals surface area contributed by atoms with Crippen molar-refractivity contribution in [3.63, 3.8) is 0 Å². The summed E-state index contributed by atoms with van der Waals surface area (Å²) in [4.78, 5) is 16.1. The number of aryl methyl sites for hydroxylation is 1. The van der Waals surface area contributed by atoms with Crippen LogP contribution in [0.25, 0.3) is 17.0 Å². The van der Waals surface area contributed by atoms with Crippen molar-refractivity contribution in [2.24, 2.45) is 0 Å². The van der Waals surface area contributed by atoms with Gasteiger partial charge >= 0.3 is 0 Å². The summed E-state index contributed by atoms with van der Waals surface area (Å²) in [6.45, 7) is 0. The first kappa shape index (κ1) is 13.5. The number of benzene rings is 2. The second-order valence-corrected chi connectivity index (χ2v) is 6.49. The van der Waals surface area contributed by atoms with Gasteiger partial charge in [-0.3, -0.25) is 4.79 Å². The van der Waals surface area contributed by atoms with Crippen molar-refractivity contribution in [2.75, 3.05) is 0 Å². The van der Waals surface area contributed by atoms with Crippen molar-refractivity contribution in [3.8, 4) is 0 Å². The van der Waals surface area contributed by atoms with Crippen LogP contribution < -0.4 is 0 Å². The lowest BCUT2D eigenvalue weighted by molar-refractivity contribution is 0.102. The number of halogens is 1. The summed E-state index contributed by atoms with van der Waals surface area (Å²) in [7, 11) is 0. The van der Waals surface area contributed by atoms with E-state index in [9.17, 15) is 4.79 Å². The SMILES string of the molecule is O=C1/C(=C/c2ccccc2)CCc2c1[nH]c1ccc(Br)cc21. The molecule has 1 aliphatic rings. The van der Waals surface area contributed by atoms with E-state index in [1.807, 2.05) is 48.5 Å². The largest absolute Gasteiger partial charge is 0.352 e. The molecule has 2 aromatic carbocycles. The molecule has 22 heavy (non-hydrogen) atoms. The number of hydrogen-bond donors (Lipinski definition) is 1. The Morgan fingerprint density at radius 3 is 2.68 bits per heavy atom. The summed E-state index contributed by atoms with van der Waals surface area (Å²) in [6.07, 6.45) is 3.70. The molecule has 0 atom stereocenters. The van der Waals surface area contributed by atoms with Gasteiger partial charge in [0.15, 0.2) is 0 Å². The predicted molar refractivity (Wildman–Crippen MR) is 93.1 cm³/mol. The first-order chi connectivity index (χ1) is 10.7. The van der Waals surface area contributed by atoms with Crippen LogP contribution in [0.4, 0.5) is 0 Å². The molecule has 3 heteroatoms. The highest BCUT2D eigenvalue weighted by Gasteiger charge is 2.25. The standard InChI is InChI=1S/C19H14BrNO/c20-14-7-9-17-16(11-14)15-8-6-13(19(22)18(15)21-17)10-12-4-2-1-3-5-12/h1-5,7,9-11,21H,6,8H2/b13-10+. The summed E-state index contributed by atoms with van der Waals surface area (Å²) in [5.74, 6) is 0.123. The van der Waals surface area contributed by atoms with Crippen molar-refractivity contribution in [3.05, 3.63) is 75.4 Å². The predicted octanol–water partition coefficient (Wildman–Crippen LogP) is 5.14. The molecule has 1 N–H and O–H groups in total. The number of ketones is 1. The lowest BCUT2D eigenvalue weighted by Crippen LogP contribution is -2.13. The van der Waals surface area contributed by atoms with Gasteiger partial charge in [-0.25, -0.2) is 0 Å². The van der Waals surface area contributed by atoms with Crippen LogP contribution in [0.3, 0.4) is 0 Å². The number of Topliss-reactive ketones (excluding diaryl/α,β-unsaturated/α-hetero) is 1. The van der Waals surface area contributed by atoms with Crippen LogP contribution in [0.5, 0.6) is 0 Å². The van der Waals surface area contributed by atoms with Gasteiger partial charge in [-0.15, -0.1) is 0 Å². The first-order valence-electron chi connectivity index (χ1n) is 7.33. The van der Waals surface area contributed by atoms with E-state index in [1.165, 1.54) is 0 Å². The van der Waals surface area contributed by atoms with E-state index in [4.69, 9.17) is 0 Å². The molecule has 0 unspecified atom stereocenters. The number of allylic oxidation sites excluding steroid dienone is 1. The van der Waals surface area contributed by atoms with E-state index >= 15 is 0 Å². The third-order valence-electron chi connectivity index (χ3n) is 4.17. The molecular weight excluding hydrogens is 338 g/mol. The van der Waals surface area contributed by atoms with E-state index in [0.29, 0.717) is 0 Å². The van der Waals surface area contributed by atoms with Crippen molar-refractivity contribution >= 4 is 38.7 Å². The number of fused-ring (bicyclic) bond motifs is 3. The number of rotatable bonds is 1. The van der Waals surface area contributed by atoms with Crippen molar-refractivity contribution < 1.29 is 4.79 Å². The average Bonchev–Trinajstić information content (AvgIpc) is 2.90. The van der Waals surface area contributed by atoms with Crippen molar-refractivity contribution in [2.45, 2.75) is 12.8 Å². The van der Waals surface area contributed by atoms with Crippen LogP contribution in [0.2, 0.25) is 0 Å². The third-order valence-corrected chi connectivity index (χ3v) is 4.66. The summed E-state index contributed by atoms with van der Waals surface area (Å²) in [6, 6.07) is 16.1. The summed E-state index contributed by atoms with van der Waals surface area (Å²) >= 11 is 3.51. The van der Waals surface area contributed by atoms with Crippen LogP contribution in [-0.2, 0) is 6.42 Å². The number of nitrogens with one attached hydrogen (secondary N) is 1. The van der Waals surface area contributed by atoms with E-state index in [-0.39, 0.29) is 5.78 Å². The Bertz CT molecular complexity index is 906. The Morgan fingerprint density at radius 2 is 1.86 bits per heavy atom. The zero-order chi connectivity index (χ0) is 15.1. The fourth-order valence-electron chi connectivity index (χ4n) is 3.10. The lowest BCUT2D eigenvalue weighted by atomic mass is 9.89. The molecule has 3 aromatic rings. The Labute approximate surface area is 137 Å². The topological polar surface area (TPSA) is 32.9 Å². The van der Waals surface area contributed by atoms with Crippen LogP contribution in [0, 0.1) is 0 Å². The van der Waals surface area contributed by atoms with Gasteiger partial charge in [-0.05, 0) is 48.2 Å². The quantitative estimate of drug-likeness (QED) is 0.604. The number of hydrogen-bond acceptors (Lipinski definition) is 1. The molecule has 1 aromatic heterocycles. The summed E-state index contributed by atoms with van der Waals surface area (Å²) in [5.41, 5.74) is 4.88. The molecule has 0 spiro atoms. The number of aromatic nitrogens is 1. The molecule has 108 valence electrons. The fourth-order valence-corrected chi connectivity index (χ4v) is 3.46. The molecule has 1 heterocycles. The van der Waals surface area contributed by atoms with Crippen molar-refractivity contribution in [1.29, 1.82) is 0 Å². The number of H-pyrrole nitrogens is 1. The molecule has 4 rings (SSSR count). The van der Waals surface area contributed by atoms with Gasteiger partial charge in [-0.1, -0.05) is 46.3 Å². The van der Waals surface area contributed by atoms with Gasteiger partial charge in [0.05, 0.1) is 5.69 Å². The monoisotopic (exact) mass is 351 g/mol. The molecule has 0 saturated carbocycles. The number of aromatic amines is 1. The van der Waals surface area contributed by atoms with Crippen LogP contribution in [0.15, 0.2) is 58.6 Å². The molecule has 1 aliphatic carbocycles. The smallest absolute Gasteiger partial charge is 0.205 e. The average molecular weight is 352 g/mol. The molecule has 0 amide bonds. The molecule has 0 radical (unpaired) electrons. The number of carbonyl (C=O) groups excluding carboxylic acids is 1. The van der Waals surface area contributed by atoms with E-state index in [1.54, 1.807) is 0 Å². The Morgan fingerprint density at radius 1 is 1.05 bits per heavy atom. The Kier molecular flexibility index (Phi) is 3.23. The highest BCUT2D eigenvalue weighted by molar-refractivity contribution is 9.10. The maximum atomic E-state index is 12.8. The molecule has 0 bridgehead atoms. The second-order valence-electron chi connectivity index (χ2n) is 5.58. The summed E-state index contributed by atoms with van der Waals surface area (Å²) < 4.78 is 1.04. The van der Waals surface area contributed by atoms with Gasteiger partial charge in [-0.2, -0.15) is 0 Å². The number of carbonyl (C=O) groups is 1. The third kappa shape index (κ3) is 2.22. The lowest BCUT2D eigenvalue weighted by Gasteiger charge is -2.14. The van der Waals surface area contributed by atoms with Gasteiger partial charge in [0, 0.05) is 20.9 Å². The van der Waals surface area contributed by atoms with Crippen LogP contribution >= 0.6 is 15.9 Å². The van der Waals surface area contributed by atoms with Crippen LogP contribution in [-0.4, -0.2) is 10.8 Å². The van der Waals surface area contributed by atoms with Gasteiger partial charge in [0.1, 0.15) is 0 Å². The van der Waals surface area contributed by atoms with Gasteiger partial charge in [0.2, 0.25) is 5.78 Å². The van der Waals surface area contributed by atoms with Gasteiger partial charge in [0.25, 0.3) is 0 Å².